The average Bonchev–Trinajstić information content (AvgIpc) is 2.77. The summed E-state index contributed by atoms with van der Waals surface area (Å²) in [4.78, 5) is 49.6. The Morgan fingerprint density at radius 2 is 1.55 bits per heavy atom. The Kier molecular flexibility index (Phi) is 15.7. The van der Waals surface area contributed by atoms with Crippen LogP contribution in [0.3, 0.4) is 0 Å². The molecule has 0 radical (unpaired) electrons. The summed E-state index contributed by atoms with van der Waals surface area (Å²) >= 11 is 1.45. The number of hydrogen-bond acceptors (Lipinski definition) is 8. The summed E-state index contributed by atoms with van der Waals surface area (Å²) in [5, 5.41) is 26.9. The predicted molar refractivity (Wildman–Crippen MR) is 128 cm³/mol. The number of nitrogens with two attached hydrogens (primary N) is 2. The number of amides is 3. The third-order valence-corrected chi connectivity index (χ3v) is 6.07. The zero-order chi connectivity index (χ0) is 25.6. The summed E-state index contributed by atoms with van der Waals surface area (Å²) in [5.41, 5.74) is 11.3. The molecule has 12 heteroatoms. The van der Waals surface area contributed by atoms with Crippen molar-refractivity contribution >= 4 is 35.5 Å². The summed E-state index contributed by atoms with van der Waals surface area (Å²) in [6.45, 7) is 5.44. The first kappa shape index (κ1) is 31.1. The maximum Gasteiger partial charge on any atom is 0.326 e. The molecule has 11 nitrogen and oxygen atoms in total. The summed E-state index contributed by atoms with van der Waals surface area (Å²) in [5.74, 6) is -2.77. The number of aliphatic carboxylic acids is 1. The van der Waals surface area contributed by atoms with Crippen molar-refractivity contribution in [2.75, 3.05) is 18.6 Å². The summed E-state index contributed by atoms with van der Waals surface area (Å²) in [7, 11) is 0. The molecule has 0 aliphatic rings. The summed E-state index contributed by atoms with van der Waals surface area (Å²) in [6.07, 6.45) is 2.85. The molecule has 3 amide bonds. The van der Waals surface area contributed by atoms with Crippen molar-refractivity contribution in [3.8, 4) is 0 Å². The second-order valence-corrected chi connectivity index (χ2v) is 9.15. The molecule has 0 aromatic rings. The summed E-state index contributed by atoms with van der Waals surface area (Å²) in [6, 6.07) is -4.33. The monoisotopic (exact) mass is 491 g/mol. The molecule has 0 fully saturated rings. The van der Waals surface area contributed by atoms with Gasteiger partial charge in [-0.3, -0.25) is 14.4 Å². The van der Waals surface area contributed by atoms with Gasteiger partial charge in [0.15, 0.2) is 0 Å². The minimum atomic E-state index is -1.32. The van der Waals surface area contributed by atoms with E-state index in [2.05, 4.69) is 16.0 Å². The Labute approximate surface area is 200 Å². The minimum Gasteiger partial charge on any atom is -0.480 e. The standard InChI is InChI=1S/C21H41N5O6S/c1-5-12(2)16(23)19(29)26-17(13(3)27)20(30)24-14(9-11-33-4)18(28)25-15(21(31)32)8-6-7-10-22/h12-17,27H,5-11,22-23H2,1-4H3,(H,24,30)(H,25,28)(H,26,29)(H,31,32). The molecule has 0 aliphatic carbocycles. The zero-order valence-electron chi connectivity index (χ0n) is 20.0. The van der Waals surface area contributed by atoms with Crippen molar-refractivity contribution in [3.05, 3.63) is 0 Å². The van der Waals surface area contributed by atoms with Gasteiger partial charge in [-0.25, -0.2) is 4.79 Å². The highest BCUT2D eigenvalue weighted by Crippen LogP contribution is 2.08. The molecule has 0 saturated carbocycles. The van der Waals surface area contributed by atoms with Crippen LogP contribution in [0.4, 0.5) is 0 Å². The largest absolute Gasteiger partial charge is 0.480 e. The van der Waals surface area contributed by atoms with Gasteiger partial charge in [-0.15, -0.1) is 0 Å². The van der Waals surface area contributed by atoms with Gasteiger partial charge in [0.2, 0.25) is 17.7 Å². The van der Waals surface area contributed by atoms with E-state index in [9.17, 15) is 29.4 Å². The zero-order valence-corrected chi connectivity index (χ0v) is 20.8. The van der Waals surface area contributed by atoms with E-state index in [0.717, 1.165) is 0 Å². The van der Waals surface area contributed by atoms with Crippen LogP contribution in [0, 0.1) is 5.92 Å². The van der Waals surface area contributed by atoms with Crippen LogP contribution in [0.2, 0.25) is 0 Å². The van der Waals surface area contributed by atoms with E-state index in [-0.39, 0.29) is 18.8 Å². The first-order valence-electron chi connectivity index (χ1n) is 11.3. The van der Waals surface area contributed by atoms with E-state index in [1.165, 1.54) is 18.7 Å². The van der Waals surface area contributed by atoms with Crippen molar-refractivity contribution in [1.29, 1.82) is 0 Å². The van der Waals surface area contributed by atoms with Crippen LogP contribution < -0.4 is 27.4 Å². The van der Waals surface area contributed by atoms with Crippen molar-refractivity contribution < 1.29 is 29.4 Å². The topological polar surface area (TPSA) is 197 Å². The third-order valence-electron chi connectivity index (χ3n) is 5.43. The molecule has 6 unspecified atom stereocenters. The average molecular weight is 492 g/mol. The number of nitrogens with one attached hydrogen (secondary N) is 3. The van der Waals surface area contributed by atoms with Crippen LogP contribution in [0.1, 0.15) is 52.9 Å². The number of rotatable bonds is 17. The van der Waals surface area contributed by atoms with Crippen molar-refractivity contribution in [2.24, 2.45) is 17.4 Å². The van der Waals surface area contributed by atoms with Gasteiger partial charge in [0.05, 0.1) is 12.1 Å². The van der Waals surface area contributed by atoms with Gasteiger partial charge in [0.1, 0.15) is 18.1 Å². The van der Waals surface area contributed by atoms with Crippen LogP contribution >= 0.6 is 11.8 Å². The second kappa shape index (κ2) is 16.7. The van der Waals surface area contributed by atoms with Gasteiger partial charge in [0, 0.05) is 0 Å². The molecular weight excluding hydrogens is 450 g/mol. The third kappa shape index (κ3) is 11.7. The van der Waals surface area contributed by atoms with Crippen molar-refractivity contribution in [1.82, 2.24) is 16.0 Å². The van der Waals surface area contributed by atoms with Crippen LogP contribution in [-0.4, -0.2) is 82.7 Å². The van der Waals surface area contributed by atoms with Gasteiger partial charge >= 0.3 is 5.97 Å². The number of carbonyl (C=O) groups is 4. The Hall–Kier alpha value is -1.89. The lowest BCUT2D eigenvalue weighted by molar-refractivity contribution is -0.142. The molecule has 9 N–H and O–H groups in total. The number of carboxylic acid groups (broad SMARTS) is 1. The molecule has 6 atom stereocenters. The first-order valence-corrected chi connectivity index (χ1v) is 12.7. The lowest BCUT2D eigenvalue weighted by Gasteiger charge is -2.27. The van der Waals surface area contributed by atoms with Crippen LogP contribution in [0.25, 0.3) is 0 Å². The van der Waals surface area contributed by atoms with Gasteiger partial charge in [0.25, 0.3) is 0 Å². The molecule has 192 valence electrons. The highest BCUT2D eigenvalue weighted by molar-refractivity contribution is 7.98. The number of aliphatic hydroxyl groups excluding tert-OH is 1. The molecule has 0 aromatic heterocycles. The second-order valence-electron chi connectivity index (χ2n) is 8.16. The Morgan fingerprint density at radius 1 is 0.939 bits per heavy atom. The molecule has 0 bridgehead atoms. The molecule has 0 aromatic carbocycles. The molecule has 33 heavy (non-hydrogen) atoms. The molecule has 0 heterocycles. The van der Waals surface area contributed by atoms with E-state index in [1.807, 2.05) is 13.2 Å². The molecule has 0 rings (SSSR count). The highest BCUT2D eigenvalue weighted by atomic mass is 32.2. The number of aliphatic hydroxyl groups is 1. The Morgan fingerprint density at radius 3 is 2.03 bits per heavy atom. The fourth-order valence-electron chi connectivity index (χ4n) is 2.96. The van der Waals surface area contributed by atoms with Crippen molar-refractivity contribution in [2.45, 2.75) is 83.1 Å². The van der Waals surface area contributed by atoms with Gasteiger partial charge < -0.3 is 37.6 Å². The smallest absolute Gasteiger partial charge is 0.326 e. The lowest BCUT2D eigenvalue weighted by Crippen LogP contribution is -2.60. The first-order chi connectivity index (χ1) is 15.5. The SMILES string of the molecule is CCC(C)C(N)C(=O)NC(C(=O)NC(CCSC)C(=O)NC(CCCCN)C(=O)O)C(C)O. The normalized spacial score (nSPS) is 16.6. The van der Waals surface area contributed by atoms with Crippen LogP contribution in [-0.2, 0) is 19.2 Å². The van der Waals surface area contributed by atoms with E-state index in [4.69, 9.17) is 11.5 Å². The van der Waals surface area contributed by atoms with E-state index in [1.54, 1.807) is 6.92 Å². The quantitative estimate of drug-likeness (QED) is 0.127. The summed E-state index contributed by atoms with van der Waals surface area (Å²) < 4.78 is 0. The van der Waals surface area contributed by atoms with E-state index < -0.39 is 54.0 Å². The molecule has 0 spiro atoms. The van der Waals surface area contributed by atoms with Crippen LogP contribution in [0.15, 0.2) is 0 Å². The van der Waals surface area contributed by atoms with E-state index >= 15 is 0 Å². The number of thioether (sulfide) groups is 1. The minimum absolute atomic E-state index is 0.130. The van der Waals surface area contributed by atoms with Gasteiger partial charge in [-0.05, 0) is 57.1 Å². The number of hydrogen-bond donors (Lipinski definition) is 7. The highest BCUT2D eigenvalue weighted by Gasteiger charge is 2.32. The number of carbonyl (C=O) groups excluding carboxylic acids is 3. The fraction of sp³-hybridized carbons (Fsp3) is 0.810. The number of unbranched alkanes of at least 4 members (excludes halogenated alkanes) is 1. The van der Waals surface area contributed by atoms with E-state index in [0.29, 0.717) is 31.6 Å². The fourth-order valence-corrected chi connectivity index (χ4v) is 3.43. The molecular formula is C21H41N5O6S. The maximum absolute atomic E-state index is 12.8. The molecule has 0 saturated heterocycles. The predicted octanol–water partition coefficient (Wildman–Crippen LogP) is -0.838. The lowest BCUT2D eigenvalue weighted by atomic mass is 9.98. The Bertz CT molecular complexity index is 636. The Balaban J connectivity index is 5.36. The molecule has 0 aliphatic heterocycles. The van der Waals surface area contributed by atoms with Crippen molar-refractivity contribution in [3.63, 3.8) is 0 Å². The van der Waals surface area contributed by atoms with Crippen LogP contribution in [0.5, 0.6) is 0 Å². The maximum atomic E-state index is 12.8. The number of carboxylic acids is 1. The van der Waals surface area contributed by atoms with Gasteiger partial charge in [-0.1, -0.05) is 20.3 Å². The van der Waals surface area contributed by atoms with Gasteiger partial charge in [-0.2, -0.15) is 11.8 Å².